The highest BCUT2D eigenvalue weighted by molar-refractivity contribution is 6.43. The first-order chi connectivity index (χ1) is 14.5. The number of aryl methyl sites for hydroxylation is 1. The molecule has 0 aliphatic carbocycles. The van der Waals surface area contributed by atoms with E-state index in [1.54, 1.807) is 6.07 Å². The number of aromatic nitrogens is 1. The standard InChI is InChI=1S/C23H23N3O4/c1-15-8-7-11-19(22(26-29-4)23(27)28-3)20(15)14-30-25-16(2)21-12-17-9-5-6-10-18(17)13-24-21/h5-13H,14H2,1-4H3/b25-16+,26-22+. The Balaban J connectivity index is 1.84. The molecule has 7 nitrogen and oxygen atoms in total. The first-order valence-corrected chi connectivity index (χ1v) is 9.35. The van der Waals surface area contributed by atoms with Crippen molar-refractivity contribution in [3.05, 3.63) is 77.1 Å². The topological polar surface area (TPSA) is 82.4 Å². The summed E-state index contributed by atoms with van der Waals surface area (Å²) in [6, 6.07) is 15.5. The summed E-state index contributed by atoms with van der Waals surface area (Å²) in [5, 5.41) is 10.2. The van der Waals surface area contributed by atoms with E-state index in [0.717, 1.165) is 27.6 Å². The van der Waals surface area contributed by atoms with Gasteiger partial charge < -0.3 is 14.4 Å². The summed E-state index contributed by atoms with van der Waals surface area (Å²) in [6.07, 6.45) is 1.81. The molecule has 0 saturated heterocycles. The van der Waals surface area contributed by atoms with Crippen molar-refractivity contribution in [2.45, 2.75) is 20.5 Å². The number of carbonyl (C=O) groups is 1. The number of hydrogen-bond acceptors (Lipinski definition) is 7. The maximum absolute atomic E-state index is 12.1. The maximum atomic E-state index is 12.1. The second kappa shape index (κ2) is 9.65. The first kappa shape index (κ1) is 21.0. The molecule has 0 unspecified atom stereocenters. The van der Waals surface area contributed by atoms with E-state index in [-0.39, 0.29) is 12.3 Å². The van der Waals surface area contributed by atoms with Crippen molar-refractivity contribution in [2.75, 3.05) is 14.2 Å². The van der Waals surface area contributed by atoms with Crippen LogP contribution in [0.5, 0.6) is 0 Å². The molecular weight excluding hydrogens is 382 g/mol. The normalized spacial score (nSPS) is 12.0. The SMILES string of the molecule is CO/N=C(/C(=O)OC)c1cccc(C)c1CO/N=C(\C)c1cc2ccccc2cn1. The number of carbonyl (C=O) groups excluding carboxylic acids is 1. The number of oxime groups is 2. The highest BCUT2D eigenvalue weighted by Crippen LogP contribution is 2.19. The number of hydrogen-bond donors (Lipinski definition) is 0. The summed E-state index contributed by atoms with van der Waals surface area (Å²) in [6.45, 7) is 3.90. The first-order valence-electron chi connectivity index (χ1n) is 9.35. The highest BCUT2D eigenvalue weighted by atomic mass is 16.6. The van der Waals surface area contributed by atoms with Gasteiger partial charge in [0.2, 0.25) is 0 Å². The maximum Gasteiger partial charge on any atom is 0.360 e. The molecule has 3 rings (SSSR count). The van der Waals surface area contributed by atoms with Crippen LogP contribution >= 0.6 is 0 Å². The van der Waals surface area contributed by atoms with Gasteiger partial charge in [-0.3, -0.25) is 4.98 Å². The Morgan fingerprint density at radius 3 is 2.53 bits per heavy atom. The average molecular weight is 405 g/mol. The summed E-state index contributed by atoms with van der Waals surface area (Å²) in [5.74, 6) is -0.594. The fourth-order valence-electron chi connectivity index (χ4n) is 3.02. The zero-order chi connectivity index (χ0) is 21.5. The molecule has 3 aromatic rings. The fraction of sp³-hybridized carbons (Fsp3) is 0.217. The number of methoxy groups -OCH3 is 1. The van der Waals surface area contributed by atoms with Gasteiger partial charge in [-0.15, -0.1) is 0 Å². The zero-order valence-electron chi connectivity index (χ0n) is 17.4. The van der Waals surface area contributed by atoms with E-state index in [9.17, 15) is 4.79 Å². The van der Waals surface area contributed by atoms with Crippen LogP contribution in [0.3, 0.4) is 0 Å². The van der Waals surface area contributed by atoms with Crippen molar-refractivity contribution in [3.8, 4) is 0 Å². The molecule has 0 fully saturated rings. The molecule has 0 bridgehead atoms. The van der Waals surface area contributed by atoms with Crippen molar-refractivity contribution >= 4 is 28.2 Å². The molecular formula is C23H23N3O4. The van der Waals surface area contributed by atoms with Crippen LogP contribution < -0.4 is 0 Å². The molecule has 0 amide bonds. The third-order valence-corrected chi connectivity index (χ3v) is 4.64. The van der Waals surface area contributed by atoms with Crippen molar-refractivity contribution in [2.24, 2.45) is 10.3 Å². The smallest absolute Gasteiger partial charge is 0.360 e. The second-order valence-electron chi connectivity index (χ2n) is 6.58. The van der Waals surface area contributed by atoms with Crippen molar-refractivity contribution in [1.29, 1.82) is 0 Å². The molecule has 30 heavy (non-hydrogen) atoms. The van der Waals surface area contributed by atoms with Gasteiger partial charge in [-0.25, -0.2) is 4.79 Å². The monoisotopic (exact) mass is 405 g/mol. The lowest BCUT2D eigenvalue weighted by molar-refractivity contribution is -0.132. The quantitative estimate of drug-likeness (QED) is 0.337. The third kappa shape index (κ3) is 4.63. The minimum Gasteiger partial charge on any atom is -0.464 e. The molecule has 0 radical (unpaired) electrons. The van der Waals surface area contributed by atoms with Gasteiger partial charge in [0.1, 0.15) is 19.4 Å². The van der Waals surface area contributed by atoms with E-state index >= 15 is 0 Å². The molecule has 1 heterocycles. The van der Waals surface area contributed by atoms with Gasteiger partial charge in [0.15, 0.2) is 5.71 Å². The second-order valence-corrected chi connectivity index (χ2v) is 6.58. The minimum absolute atomic E-state index is 0.0687. The molecule has 0 saturated carbocycles. The van der Waals surface area contributed by atoms with Crippen molar-refractivity contribution in [1.82, 2.24) is 4.98 Å². The lowest BCUT2D eigenvalue weighted by Gasteiger charge is -2.12. The van der Waals surface area contributed by atoms with E-state index in [0.29, 0.717) is 11.3 Å². The highest BCUT2D eigenvalue weighted by Gasteiger charge is 2.20. The van der Waals surface area contributed by atoms with Crippen LogP contribution in [-0.4, -0.2) is 36.6 Å². The molecule has 0 N–H and O–H groups in total. The van der Waals surface area contributed by atoms with Crippen LogP contribution in [0, 0.1) is 6.92 Å². The van der Waals surface area contributed by atoms with Crippen LogP contribution in [0.15, 0.2) is 65.0 Å². The Hall–Kier alpha value is -3.74. The van der Waals surface area contributed by atoms with E-state index in [2.05, 4.69) is 15.3 Å². The number of nitrogens with zero attached hydrogens (tertiary/aromatic N) is 3. The Labute approximate surface area is 175 Å². The molecule has 7 heteroatoms. The van der Waals surface area contributed by atoms with Gasteiger partial charge in [0, 0.05) is 22.7 Å². The molecule has 2 aromatic carbocycles. The number of ether oxygens (including phenoxy) is 1. The predicted octanol–water partition coefficient (Wildman–Crippen LogP) is 4.01. The number of benzene rings is 2. The molecule has 1 aromatic heterocycles. The van der Waals surface area contributed by atoms with Gasteiger partial charge >= 0.3 is 5.97 Å². The van der Waals surface area contributed by atoms with Crippen molar-refractivity contribution < 1.29 is 19.2 Å². The number of esters is 1. The van der Waals surface area contributed by atoms with Gasteiger partial charge in [-0.1, -0.05) is 52.8 Å². The Kier molecular flexibility index (Phi) is 6.75. The summed E-state index contributed by atoms with van der Waals surface area (Å²) in [7, 11) is 2.67. The van der Waals surface area contributed by atoms with Crippen LogP contribution in [0.4, 0.5) is 0 Å². The largest absolute Gasteiger partial charge is 0.464 e. The molecule has 0 aliphatic rings. The van der Waals surface area contributed by atoms with Crippen molar-refractivity contribution in [3.63, 3.8) is 0 Å². The van der Waals surface area contributed by atoms with Gasteiger partial charge in [0.25, 0.3) is 0 Å². The van der Waals surface area contributed by atoms with Gasteiger partial charge in [0.05, 0.1) is 12.8 Å². The van der Waals surface area contributed by atoms with E-state index < -0.39 is 5.97 Å². The number of fused-ring (bicyclic) bond motifs is 1. The van der Waals surface area contributed by atoms with Crippen LogP contribution in [0.1, 0.15) is 29.3 Å². The molecule has 154 valence electrons. The summed E-state index contributed by atoms with van der Waals surface area (Å²) in [4.78, 5) is 27.0. The predicted molar refractivity (Wildman–Crippen MR) is 115 cm³/mol. The van der Waals surface area contributed by atoms with Crippen LogP contribution in [-0.2, 0) is 25.8 Å². The van der Waals surface area contributed by atoms with Gasteiger partial charge in [-0.2, -0.15) is 0 Å². The van der Waals surface area contributed by atoms with E-state index in [4.69, 9.17) is 14.4 Å². The molecule has 0 spiro atoms. The Morgan fingerprint density at radius 1 is 1.03 bits per heavy atom. The minimum atomic E-state index is -0.594. The lowest BCUT2D eigenvalue weighted by atomic mass is 9.99. The molecule has 0 aliphatic heterocycles. The summed E-state index contributed by atoms with van der Waals surface area (Å²) >= 11 is 0. The summed E-state index contributed by atoms with van der Waals surface area (Å²) in [5.41, 5.74) is 3.71. The van der Waals surface area contributed by atoms with E-state index in [1.165, 1.54) is 14.2 Å². The summed E-state index contributed by atoms with van der Waals surface area (Å²) < 4.78 is 4.82. The number of pyridine rings is 1. The van der Waals surface area contributed by atoms with E-state index in [1.807, 2.05) is 62.5 Å². The lowest BCUT2D eigenvalue weighted by Crippen LogP contribution is -2.20. The Bertz CT molecular complexity index is 1120. The fourth-order valence-corrected chi connectivity index (χ4v) is 3.02. The van der Waals surface area contributed by atoms with Gasteiger partial charge in [-0.05, 0) is 30.9 Å². The third-order valence-electron chi connectivity index (χ3n) is 4.64. The Morgan fingerprint density at radius 2 is 1.80 bits per heavy atom. The molecule has 0 atom stereocenters. The van der Waals surface area contributed by atoms with Crippen LogP contribution in [0.2, 0.25) is 0 Å². The van der Waals surface area contributed by atoms with Crippen LogP contribution in [0.25, 0.3) is 10.8 Å². The number of rotatable bonds is 7. The average Bonchev–Trinajstić information content (AvgIpc) is 2.77. The zero-order valence-corrected chi connectivity index (χ0v) is 17.4.